The number of benzene rings is 1. The van der Waals surface area contributed by atoms with Gasteiger partial charge in [-0.3, -0.25) is 10.1 Å². The Morgan fingerprint density at radius 1 is 1.30 bits per heavy atom. The first-order chi connectivity index (χ1) is 9.56. The van der Waals surface area contributed by atoms with Crippen LogP contribution in [0.15, 0.2) is 12.1 Å². The average Bonchev–Trinajstić information content (AvgIpc) is 2.80. The van der Waals surface area contributed by atoms with Crippen LogP contribution in [0.25, 0.3) is 0 Å². The lowest BCUT2D eigenvalue weighted by molar-refractivity contribution is -0.385. The molecule has 0 amide bonds. The maximum atomic E-state index is 14.0. The Morgan fingerprint density at radius 2 is 2.00 bits per heavy atom. The number of hydrogen-bond acceptors (Lipinski definition) is 4. The van der Waals surface area contributed by atoms with Gasteiger partial charge in [0.25, 0.3) is 5.69 Å². The molecule has 2 fully saturated rings. The monoisotopic (exact) mass is 283 g/mol. The van der Waals surface area contributed by atoms with E-state index >= 15 is 0 Å². The third-order valence-electron chi connectivity index (χ3n) is 4.13. The Labute approximate surface area is 114 Å². The number of non-ortho nitro benzene ring substituents is 1. The van der Waals surface area contributed by atoms with E-state index in [9.17, 15) is 18.9 Å². The van der Waals surface area contributed by atoms with Crippen molar-refractivity contribution in [1.82, 2.24) is 5.32 Å². The van der Waals surface area contributed by atoms with Crippen LogP contribution in [-0.2, 0) is 0 Å². The van der Waals surface area contributed by atoms with E-state index in [0.29, 0.717) is 19.0 Å². The van der Waals surface area contributed by atoms with Gasteiger partial charge in [-0.15, -0.1) is 0 Å². The van der Waals surface area contributed by atoms with Crippen LogP contribution in [0.2, 0.25) is 0 Å². The minimum Gasteiger partial charge on any atom is -0.365 e. The molecule has 1 aromatic carbocycles. The summed E-state index contributed by atoms with van der Waals surface area (Å²) >= 11 is 0. The van der Waals surface area contributed by atoms with Crippen LogP contribution >= 0.6 is 0 Å². The highest BCUT2D eigenvalue weighted by atomic mass is 19.1. The summed E-state index contributed by atoms with van der Waals surface area (Å²) in [5.74, 6) is -1.34. The summed E-state index contributed by atoms with van der Waals surface area (Å²) in [6, 6.07) is 1.82. The standard InChI is InChI=1S/C13H15F2N3O2/c14-10-4-9(18(19)20)5-11(15)13(10)17-6-8-2-1-3-16-12(8)7-17/h4-5,8,12,16H,1-3,6-7H2/t8-,12+/m0/s1. The molecule has 5 nitrogen and oxygen atoms in total. The van der Waals surface area contributed by atoms with E-state index in [1.807, 2.05) is 0 Å². The fourth-order valence-corrected chi connectivity index (χ4v) is 3.19. The van der Waals surface area contributed by atoms with E-state index in [2.05, 4.69) is 5.32 Å². The lowest BCUT2D eigenvalue weighted by Gasteiger charge is -2.24. The molecular formula is C13H15F2N3O2. The van der Waals surface area contributed by atoms with E-state index in [4.69, 9.17) is 0 Å². The van der Waals surface area contributed by atoms with Crippen LogP contribution in [-0.4, -0.2) is 30.6 Å². The van der Waals surface area contributed by atoms with Crippen LogP contribution in [0.3, 0.4) is 0 Å². The molecule has 7 heteroatoms. The van der Waals surface area contributed by atoms with Crippen molar-refractivity contribution in [3.05, 3.63) is 33.9 Å². The summed E-state index contributed by atoms with van der Waals surface area (Å²) in [6.07, 6.45) is 2.12. The molecule has 108 valence electrons. The largest absolute Gasteiger partial charge is 0.365 e. The molecule has 0 aliphatic carbocycles. The molecule has 0 radical (unpaired) electrons. The highest BCUT2D eigenvalue weighted by Crippen LogP contribution is 2.34. The number of nitrogens with one attached hydrogen (secondary N) is 1. The fourth-order valence-electron chi connectivity index (χ4n) is 3.19. The third-order valence-corrected chi connectivity index (χ3v) is 4.13. The summed E-state index contributed by atoms with van der Waals surface area (Å²) in [7, 11) is 0. The van der Waals surface area contributed by atoms with Crippen LogP contribution in [0.5, 0.6) is 0 Å². The van der Waals surface area contributed by atoms with Crippen molar-refractivity contribution in [3.63, 3.8) is 0 Å². The van der Waals surface area contributed by atoms with Crippen molar-refractivity contribution in [2.24, 2.45) is 5.92 Å². The summed E-state index contributed by atoms with van der Waals surface area (Å²) in [5, 5.41) is 13.9. The summed E-state index contributed by atoms with van der Waals surface area (Å²) in [4.78, 5) is 11.5. The summed E-state index contributed by atoms with van der Waals surface area (Å²) in [6.45, 7) is 2.06. The maximum Gasteiger partial charge on any atom is 0.275 e. The van der Waals surface area contributed by atoms with Gasteiger partial charge < -0.3 is 10.2 Å². The molecule has 0 spiro atoms. The second-order valence-corrected chi connectivity index (χ2v) is 5.38. The summed E-state index contributed by atoms with van der Waals surface area (Å²) in [5.41, 5.74) is -0.703. The second kappa shape index (κ2) is 4.97. The fraction of sp³-hybridized carbons (Fsp3) is 0.538. The number of anilines is 1. The smallest absolute Gasteiger partial charge is 0.275 e. The van der Waals surface area contributed by atoms with Crippen molar-refractivity contribution >= 4 is 11.4 Å². The normalized spacial score (nSPS) is 25.6. The Bertz CT molecular complexity index is 515. The first kappa shape index (κ1) is 13.2. The van der Waals surface area contributed by atoms with Crippen LogP contribution in [0.1, 0.15) is 12.8 Å². The molecule has 3 rings (SSSR count). The van der Waals surface area contributed by atoms with Gasteiger partial charge in [0.15, 0.2) is 11.6 Å². The third kappa shape index (κ3) is 2.22. The molecular weight excluding hydrogens is 268 g/mol. The zero-order chi connectivity index (χ0) is 14.3. The van der Waals surface area contributed by atoms with E-state index in [0.717, 1.165) is 31.5 Å². The van der Waals surface area contributed by atoms with Crippen LogP contribution < -0.4 is 10.2 Å². The van der Waals surface area contributed by atoms with Gasteiger partial charge in [0.1, 0.15) is 5.69 Å². The van der Waals surface area contributed by atoms with Gasteiger partial charge in [0.05, 0.1) is 17.1 Å². The van der Waals surface area contributed by atoms with Gasteiger partial charge in [0.2, 0.25) is 0 Å². The second-order valence-electron chi connectivity index (χ2n) is 5.38. The lowest BCUT2D eigenvalue weighted by Crippen LogP contribution is -2.40. The molecule has 0 saturated carbocycles. The number of nitro benzene ring substituents is 1. The van der Waals surface area contributed by atoms with Gasteiger partial charge in [-0.05, 0) is 25.3 Å². The molecule has 2 saturated heterocycles. The maximum absolute atomic E-state index is 14.0. The molecule has 20 heavy (non-hydrogen) atoms. The SMILES string of the molecule is O=[N+]([O-])c1cc(F)c(N2C[C@@H]3CCCN[C@@H]3C2)c(F)c1. The molecule has 2 atom stereocenters. The number of rotatable bonds is 2. The highest BCUT2D eigenvalue weighted by molar-refractivity contribution is 5.55. The quantitative estimate of drug-likeness (QED) is 0.666. The van der Waals surface area contributed by atoms with Crippen molar-refractivity contribution < 1.29 is 13.7 Å². The number of fused-ring (bicyclic) bond motifs is 1. The first-order valence-electron chi connectivity index (χ1n) is 6.68. The molecule has 0 bridgehead atoms. The molecule has 2 heterocycles. The van der Waals surface area contributed by atoms with Gasteiger partial charge in [-0.1, -0.05) is 0 Å². The van der Waals surface area contributed by atoms with E-state index in [1.165, 1.54) is 0 Å². The lowest BCUT2D eigenvalue weighted by atomic mass is 9.94. The zero-order valence-electron chi connectivity index (χ0n) is 10.8. The Balaban J connectivity index is 1.89. The van der Waals surface area contributed by atoms with Crippen LogP contribution in [0, 0.1) is 27.7 Å². The topological polar surface area (TPSA) is 58.4 Å². The molecule has 1 aromatic rings. The van der Waals surface area contributed by atoms with Gasteiger partial charge in [0, 0.05) is 19.1 Å². The first-order valence-corrected chi connectivity index (χ1v) is 6.68. The van der Waals surface area contributed by atoms with Gasteiger partial charge in [-0.25, -0.2) is 8.78 Å². The summed E-state index contributed by atoms with van der Waals surface area (Å²) < 4.78 is 28.0. The predicted molar refractivity (Wildman–Crippen MR) is 69.7 cm³/mol. The van der Waals surface area contributed by atoms with Crippen molar-refractivity contribution in [2.75, 3.05) is 24.5 Å². The van der Waals surface area contributed by atoms with Gasteiger partial charge in [-0.2, -0.15) is 0 Å². The molecule has 2 aliphatic rings. The minimum absolute atomic E-state index is 0.146. The van der Waals surface area contributed by atoms with Crippen molar-refractivity contribution in [3.8, 4) is 0 Å². The Morgan fingerprint density at radius 3 is 2.60 bits per heavy atom. The average molecular weight is 283 g/mol. The van der Waals surface area contributed by atoms with E-state index in [-0.39, 0.29) is 11.7 Å². The molecule has 0 unspecified atom stereocenters. The number of nitro groups is 1. The molecule has 2 aliphatic heterocycles. The molecule has 0 aromatic heterocycles. The molecule has 1 N–H and O–H groups in total. The zero-order valence-corrected chi connectivity index (χ0v) is 10.8. The minimum atomic E-state index is -0.865. The number of piperidine rings is 1. The van der Waals surface area contributed by atoms with E-state index < -0.39 is 22.2 Å². The van der Waals surface area contributed by atoms with Crippen LogP contribution in [0.4, 0.5) is 20.2 Å². The number of nitrogens with zero attached hydrogens (tertiary/aromatic N) is 2. The Hall–Kier alpha value is -1.76. The predicted octanol–water partition coefficient (Wildman–Crippen LogP) is 2.06. The van der Waals surface area contributed by atoms with Gasteiger partial charge >= 0.3 is 0 Å². The van der Waals surface area contributed by atoms with Crippen molar-refractivity contribution in [2.45, 2.75) is 18.9 Å². The Kier molecular flexibility index (Phi) is 3.29. The van der Waals surface area contributed by atoms with E-state index in [1.54, 1.807) is 4.90 Å². The van der Waals surface area contributed by atoms with Crippen molar-refractivity contribution in [1.29, 1.82) is 0 Å². The number of hydrogen-bond donors (Lipinski definition) is 1. The number of halogens is 2. The highest BCUT2D eigenvalue weighted by Gasteiger charge is 2.36.